The number of rotatable bonds is 4. The molecule has 19 heavy (non-hydrogen) atoms. The SMILES string of the molecule is CCOC1C(C(=O)O)CC(O)C(NC(C)=O)C1O.[H-].[Na+]. The van der Waals surface area contributed by atoms with E-state index in [2.05, 4.69) is 5.32 Å². The van der Waals surface area contributed by atoms with Crippen molar-refractivity contribution in [3.05, 3.63) is 0 Å². The molecule has 0 saturated heterocycles. The zero-order valence-corrected chi connectivity index (χ0v) is 13.4. The summed E-state index contributed by atoms with van der Waals surface area (Å²) in [5, 5.41) is 31.3. The van der Waals surface area contributed by atoms with Crippen molar-refractivity contribution >= 4 is 11.9 Å². The van der Waals surface area contributed by atoms with Gasteiger partial charge in [-0.25, -0.2) is 0 Å². The summed E-state index contributed by atoms with van der Waals surface area (Å²) < 4.78 is 5.24. The van der Waals surface area contributed by atoms with Gasteiger partial charge in [-0.05, 0) is 13.3 Å². The van der Waals surface area contributed by atoms with Gasteiger partial charge in [0.1, 0.15) is 6.10 Å². The van der Waals surface area contributed by atoms with Crippen molar-refractivity contribution in [3.63, 3.8) is 0 Å². The number of ether oxygens (including phenoxy) is 1. The second-order valence-electron chi connectivity index (χ2n) is 4.38. The number of nitrogens with one attached hydrogen (secondary N) is 1. The first-order chi connectivity index (χ1) is 8.38. The zero-order chi connectivity index (χ0) is 13.9. The van der Waals surface area contributed by atoms with Crippen LogP contribution in [-0.4, -0.2) is 58.2 Å². The fourth-order valence-corrected chi connectivity index (χ4v) is 2.28. The van der Waals surface area contributed by atoms with E-state index < -0.39 is 42.1 Å². The molecular weight excluding hydrogens is 265 g/mol. The molecule has 0 aromatic rings. The van der Waals surface area contributed by atoms with Crippen molar-refractivity contribution in [1.82, 2.24) is 5.32 Å². The Morgan fingerprint density at radius 2 is 2.00 bits per heavy atom. The molecule has 1 amide bonds. The van der Waals surface area contributed by atoms with E-state index in [9.17, 15) is 19.8 Å². The van der Waals surface area contributed by atoms with Crippen molar-refractivity contribution in [2.45, 2.75) is 44.6 Å². The number of hydrogen-bond acceptors (Lipinski definition) is 5. The van der Waals surface area contributed by atoms with E-state index in [0.717, 1.165) is 0 Å². The number of hydrogen-bond donors (Lipinski definition) is 4. The minimum Gasteiger partial charge on any atom is -1.00 e. The third-order valence-corrected chi connectivity index (χ3v) is 3.06. The number of carboxylic acid groups (broad SMARTS) is 1. The van der Waals surface area contributed by atoms with E-state index >= 15 is 0 Å². The van der Waals surface area contributed by atoms with Gasteiger partial charge >= 0.3 is 35.5 Å². The quantitative estimate of drug-likeness (QED) is 0.390. The second kappa shape index (κ2) is 8.18. The Bertz CT molecular complexity index is 332. The summed E-state index contributed by atoms with van der Waals surface area (Å²) in [7, 11) is 0. The summed E-state index contributed by atoms with van der Waals surface area (Å²) in [5.41, 5.74) is 0. The van der Waals surface area contributed by atoms with Gasteiger partial charge in [0.05, 0.1) is 24.2 Å². The molecule has 0 aromatic heterocycles. The van der Waals surface area contributed by atoms with Crippen molar-refractivity contribution in [2.24, 2.45) is 5.92 Å². The molecule has 106 valence electrons. The predicted molar refractivity (Wildman–Crippen MR) is 61.9 cm³/mol. The molecule has 1 aliphatic carbocycles. The number of carboxylic acids is 1. The molecule has 5 atom stereocenters. The number of aliphatic hydroxyl groups excluding tert-OH is 2. The Morgan fingerprint density at radius 3 is 2.42 bits per heavy atom. The van der Waals surface area contributed by atoms with Gasteiger partial charge in [-0.15, -0.1) is 0 Å². The molecule has 1 aliphatic rings. The number of carbonyl (C=O) groups is 2. The molecule has 4 N–H and O–H groups in total. The predicted octanol–water partition coefficient (Wildman–Crippen LogP) is -4.16. The summed E-state index contributed by atoms with van der Waals surface area (Å²) in [4.78, 5) is 22.1. The summed E-state index contributed by atoms with van der Waals surface area (Å²) >= 11 is 0. The first-order valence-corrected chi connectivity index (χ1v) is 5.86. The average Bonchev–Trinajstić information content (AvgIpc) is 2.27. The Balaban J connectivity index is 0. The third kappa shape index (κ3) is 4.70. The van der Waals surface area contributed by atoms with Crippen molar-refractivity contribution in [2.75, 3.05) is 6.61 Å². The summed E-state index contributed by atoms with van der Waals surface area (Å²) in [6.45, 7) is 3.19. The first kappa shape index (κ1) is 18.8. The molecule has 0 spiro atoms. The maximum Gasteiger partial charge on any atom is 1.00 e. The largest absolute Gasteiger partial charge is 1.00 e. The third-order valence-electron chi connectivity index (χ3n) is 3.06. The molecule has 8 heteroatoms. The van der Waals surface area contributed by atoms with Gasteiger partial charge in [-0.1, -0.05) is 0 Å². The maximum atomic E-state index is 11.1. The van der Waals surface area contributed by atoms with Crippen LogP contribution in [-0.2, 0) is 14.3 Å². The molecule has 0 radical (unpaired) electrons. The summed E-state index contributed by atoms with van der Waals surface area (Å²) in [6, 6.07) is -0.908. The standard InChI is InChI=1S/C11H19NO6.Na.H/c1-3-18-10-6(11(16)17)4-7(14)8(9(10)15)12-5(2)13;;/h6-10,14-15H,3-4H2,1-2H3,(H,12,13)(H,16,17);;/q;+1;-1. The minimum absolute atomic E-state index is 0. The zero-order valence-electron chi connectivity index (χ0n) is 12.4. The van der Waals surface area contributed by atoms with Crippen LogP contribution in [0.15, 0.2) is 0 Å². The Morgan fingerprint density at radius 1 is 1.42 bits per heavy atom. The number of carbonyl (C=O) groups excluding carboxylic acids is 1. The van der Waals surface area contributed by atoms with Crippen LogP contribution in [0.4, 0.5) is 0 Å². The van der Waals surface area contributed by atoms with E-state index in [-0.39, 0.29) is 44.0 Å². The van der Waals surface area contributed by atoms with Crippen LogP contribution in [0.2, 0.25) is 0 Å². The van der Waals surface area contributed by atoms with Crippen LogP contribution < -0.4 is 34.9 Å². The Hall–Kier alpha value is -0.180. The summed E-state index contributed by atoms with van der Waals surface area (Å²) in [6.07, 6.45) is -3.37. The van der Waals surface area contributed by atoms with E-state index in [0.29, 0.717) is 0 Å². The monoisotopic (exact) mass is 285 g/mol. The molecular formula is C11H20NNaO6. The molecule has 1 saturated carbocycles. The molecule has 0 aliphatic heterocycles. The molecule has 1 rings (SSSR count). The van der Waals surface area contributed by atoms with Crippen molar-refractivity contribution in [3.8, 4) is 0 Å². The van der Waals surface area contributed by atoms with Crippen LogP contribution in [0.3, 0.4) is 0 Å². The second-order valence-corrected chi connectivity index (χ2v) is 4.38. The van der Waals surface area contributed by atoms with Crippen LogP contribution in [0, 0.1) is 5.92 Å². The molecule has 7 nitrogen and oxygen atoms in total. The van der Waals surface area contributed by atoms with Gasteiger partial charge in [0.15, 0.2) is 0 Å². The van der Waals surface area contributed by atoms with E-state index in [1.807, 2.05) is 0 Å². The van der Waals surface area contributed by atoms with Crippen LogP contribution in [0.25, 0.3) is 0 Å². The van der Waals surface area contributed by atoms with Crippen molar-refractivity contribution in [1.29, 1.82) is 0 Å². The van der Waals surface area contributed by atoms with Gasteiger partial charge in [0.25, 0.3) is 0 Å². The number of aliphatic hydroxyl groups is 2. The first-order valence-electron chi connectivity index (χ1n) is 5.86. The Labute approximate surface area is 135 Å². The van der Waals surface area contributed by atoms with Crippen molar-refractivity contribution < 1.29 is 60.6 Å². The molecule has 0 aromatic carbocycles. The van der Waals surface area contributed by atoms with Gasteiger partial charge in [0, 0.05) is 13.5 Å². The normalized spacial score (nSPS) is 34.2. The fraction of sp³-hybridized carbons (Fsp3) is 0.818. The summed E-state index contributed by atoms with van der Waals surface area (Å²) in [5.74, 6) is -2.52. The van der Waals surface area contributed by atoms with E-state index in [4.69, 9.17) is 9.84 Å². The number of aliphatic carboxylic acids is 1. The average molecular weight is 285 g/mol. The van der Waals surface area contributed by atoms with Crippen LogP contribution in [0.1, 0.15) is 21.7 Å². The molecule has 5 unspecified atom stereocenters. The van der Waals surface area contributed by atoms with Gasteiger partial charge in [-0.2, -0.15) is 0 Å². The number of amides is 1. The smallest absolute Gasteiger partial charge is 1.00 e. The minimum atomic E-state index is -1.25. The molecule has 1 fully saturated rings. The van der Waals surface area contributed by atoms with Gasteiger partial charge in [-0.3, -0.25) is 9.59 Å². The Kier molecular flexibility index (Phi) is 8.11. The van der Waals surface area contributed by atoms with Gasteiger partial charge in [0.2, 0.25) is 5.91 Å². The van der Waals surface area contributed by atoms with E-state index in [1.165, 1.54) is 6.92 Å². The molecule has 0 heterocycles. The van der Waals surface area contributed by atoms with E-state index in [1.54, 1.807) is 6.92 Å². The van der Waals surface area contributed by atoms with Crippen LogP contribution in [0.5, 0.6) is 0 Å². The fourth-order valence-electron chi connectivity index (χ4n) is 2.28. The topological polar surface area (TPSA) is 116 Å². The van der Waals surface area contributed by atoms with Crippen LogP contribution >= 0.6 is 0 Å². The van der Waals surface area contributed by atoms with Gasteiger partial charge < -0.3 is 26.8 Å². The maximum absolute atomic E-state index is 11.1. The molecule has 0 bridgehead atoms.